The highest BCUT2D eigenvalue weighted by molar-refractivity contribution is 7.17. The number of halogens is 3. The van der Waals surface area contributed by atoms with Crippen molar-refractivity contribution < 1.29 is 22.7 Å². The molecule has 3 rings (SSSR count). The van der Waals surface area contributed by atoms with Crippen molar-refractivity contribution in [2.24, 2.45) is 0 Å². The quantitative estimate of drug-likeness (QED) is 0.831. The number of rotatable bonds is 4. The van der Waals surface area contributed by atoms with E-state index in [0.29, 0.717) is 10.9 Å². The van der Waals surface area contributed by atoms with Gasteiger partial charge in [-0.2, -0.15) is 0 Å². The third-order valence-electron chi connectivity index (χ3n) is 4.16. The monoisotopic (exact) mass is 384 g/mol. The summed E-state index contributed by atoms with van der Waals surface area (Å²) < 4.78 is 40.5. The van der Waals surface area contributed by atoms with Crippen LogP contribution in [-0.2, 0) is 0 Å². The van der Waals surface area contributed by atoms with Gasteiger partial charge in [0.1, 0.15) is 5.75 Å². The molecule has 2 atom stereocenters. The van der Waals surface area contributed by atoms with Gasteiger partial charge in [-0.25, -0.2) is 0 Å². The topological polar surface area (TPSA) is 50.4 Å². The summed E-state index contributed by atoms with van der Waals surface area (Å²) in [6.45, 7) is 2.97. The van der Waals surface area contributed by atoms with Gasteiger partial charge in [-0.15, -0.1) is 24.5 Å². The smallest absolute Gasteiger partial charge is 0.406 e. The van der Waals surface area contributed by atoms with Crippen LogP contribution in [0, 0.1) is 0 Å². The van der Waals surface area contributed by atoms with Gasteiger partial charge in [-0.3, -0.25) is 4.79 Å². The van der Waals surface area contributed by atoms with Gasteiger partial charge < -0.3 is 15.4 Å². The number of thiophene rings is 1. The molecule has 0 spiro atoms. The number of hydrogen-bond acceptors (Lipinski definition) is 4. The van der Waals surface area contributed by atoms with Crippen LogP contribution in [0.3, 0.4) is 0 Å². The largest absolute Gasteiger partial charge is 0.573 e. The van der Waals surface area contributed by atoms with Crippen LogP contribution in [0.4, 0.5) is 13.2 Å². The van der Waals surface area contributed by atoms with E-state index in [0.717, 1.165) is 29.8 Å². The van der Waals surface area contributed by atoms with Crippen molar-refractivity contribution in [3.05, 3.63) is 41.3 Å². The molecular formula is C18H19F3N2O2S. The molecule has 140 valence electrons. The van der Waals surface area contributed by atoms with Gasteiger partial charge >= 0.3 is 6.36 Å². The third-order valence-corrected chi connectivity index (χ3v) is 5.29. The minimum atomic E-state index is -4.71. The number of ether oxygens (including phenoxy) is 1. The van der Waals surface area contributed by atoms with Crippen LogP contribution < -0.4 is 15.4 Å². The zero-order valence-electron chi connectivity index (χ0n) is 14.1. The summed E-state index contributed by atoms with van der Waals surface area (Å²) in [6, 6.07) is 9.68. The van der Waals surface area contributed by atoms with Gasteiger partial charge in [0.05, 0.1) is 4.88 Å². The van der Waals surface area contributed by atoms with Crippen LogP contribution in [0.15, 0.2) is 36.4 Å². The Labute approximate surface area is 153 Å². The molecule has 0 radical (unpaired) electrons. The molecule has 0 aliphatic carbocycles. The molecule has 2 unspecified atom stereocenters. The molecule has 1 saturated heterocycles. The second-order valence-corrected chi connectivity index (χ2v) is 7.37. The highest BCUT2D eigenvalue weighted by Gasteiger charge is 2.31. The molecule has 1 aromatic heterocycles. The van der Waals surface area contributed by atoms with Gasteiger partial charge in [-0.1, -0.05) is 0 Å². The van der Waals surface area contributed by atoms with E-state index in [1.54, 1.807) is 24.3 Å². The predicted molar refractivity (Wildman–Crippen MR) is 94.4 cm³/mol. The fourth-order valence-electron chi connectivity index (χ4n) is 2.96. The summed E-state index contributed by atoms with van der Waals surface area (Å²) in [5.41, 5.74) is 0.735. The number of nitrogens with one attached hydrogen (secondary N) is 2. The first-order chi connectivity index (χ1) is 12.3. The predicted octanol–water partition coefficient (Wildman–Crippen LogP) is 4.18. The van der Waals surface area contributed by atoms with Crippen LogP contribution in [0.2, 0.25) is 0 Å². The summed E-state index contributed by atoms with van der Waals surface area (Å²) in [4.78, 5) is 13.8. The van der Waals surface area contributed by atoms with Gasteiger partial charge in [0.25, 0.3) is 5.91 Å². The summed E-state index contributed by atoms with van der Waals surface area (Å²) in [7, 11) is 0. The van der Waals surface area contributed by atoms with Gasteiger partial charge in [0, 0.05) is 17.0 Å². The Kier molecular flexibility index (Phi) is 5.52. The Morgan fingerprint density at radius 1 is 1.23 bits per heavy atom. The van der Waals surface area contributed by atoms with Crippen LogP contribution in [0.25, 0.3) is 10.4 Å². The van der Waals surface area contributed by atoms with E-state index in [4.69, 9.17) is 0 Å². The maximum absolute atomic E-state index is 12.4. The molecule has 26 heavy (non-hydrogen) atoms. The molecule has 4 nitrogen and oxygen atoms in total. The van der Waals surface area contributed by atoms with E-state index in [-0.39, 0.29) is 17.7 Å². The molecule has 1 aromatic carbocycles. The zero-order valence-corrected chi connectivity index (χ0v) is 14.9. The zero-order chi connectivity index (χ0) is 18.7. The maximum Gasteiger partial charge on any atom is 0.573 e. The molecule has 0 saturated carbocycles. The fraction of sp³-hybridized carbons (Fsp3) is 0.389. The highest BCUT2D eigenvalue weighted by Crippen LogP contribution is 2.31. The summed E-state index contributed by atoms with van der Waals surface area (Å²) in [5.74, 6) is -0.381. The Balaban J connectivity index is 1.64. The lowest BCUT2D eigenvalue weighted by Gasteiger charge is -2.28. The first kappa shape index (κ1) is 18.7. The Bertz CT molecular complexity index is 759. The lowest BCUT2D eigenvalue weighted by atomic mass is 10.0. The van der Waals surface area contributed by atoms with Gasteiger partial charge in [0.2, 0.25) is 0 Å². The summed E-state index contributed by atoms with van der Waals surface area (Å²) >= 11 is 1.31. The molecule has 1 fully saturated rings. The summed E-state index contributed by atoms with van der Waals surface area (Å²) in [6.07, 6.45) is -2.92. The van der Waals surface area contributed by atoms with E-state index in [1.165, 1.54) is 23.5 Å². The van der Waals surface area contributed by atoms with Crippen molar-refractivity contribution in [3.63, 3.8) is 0 Å². The molecule has 2 N–H and O–H groups in total. The highest BCUT2D eigenvalue weighted by atomic mass is 32.1. The minimum Gasteiger partial charge on any atom is -0.406 e. The maximum atomic E-state index is 12.4. The molecule has 2 aromatic rings. The molecule has 1 amide bonds. The van der Waals surface area contributed by atoms with Crippen molar-refractivity contribution in [2.45, 2.75) is 38.2 Å². The number of benzene rings is 1. The van der Waals surface area contributed by atoms with E-state index in [1.807, 2.05) is 0 Å². The molecule has 1 aliphatic rings. The number of carbonyl (C=O) groups excluding carboxylic acids is 1. The molecular weight excluding hydrogens is 365 g/mol. The number of alkyl halides is 3. The van der Waals surface area contributed by atoms with E-state index >= 15 is 0 Å². The van der Waals surface area contributed by atoms with Crippen molar-refractivity contribution in [3.8, 4) is 16.2 Å². The average molecular weight is 384 g/mol. The number of carbonyl (C=O) groups is 1. The van der Waals surface area contributed by atoms with Crippen molar-refractivity contribution in [1.29, 1.82) is 0 Å². The van der Waals surface area contributed by atoms with Crippen molar-refractivity contribution >= 4 is 17.2 Å². The molecule has 1 aliphatic heterocycles. The van der Waals surface area contributed by atoms with Crippen molar-refractivity contribution in [2.75, 3.05) is 6.54 Å². The van der Waals surface area contributed by atoms with Crippen molar-refractivity contribution in [1.82, 2.24) is 10.6 Å². The first-order valence-electron chi connectivity index (χ1n) is 8.30. The molecule has 8 heteroatoms. The number of hydrogen-bond donors (Lipinski definition) is 2. The van der Waals surface area contributed by atoms with Crippen LogP contribution in [0.5, 0.6) is 5.75 Å². The normalized spacial score (nSPS) is 20.6. The Morgan fingerprint density at radius 2 is 1.96 bits per heavy atom. The second kappa shape index (κ2) is 7.67. The van der Waals surface area contributed by atoms with E-state index < -0.39 is 6.36 Å². The van der Waals surface area contributed by atoms with Crippen LogP contribution in [-0.4, -0.2) is 30.9 Å². The first-order valence-corrected chi connectivity index (χ1v) is 9.12. The lowest BCUT2D eigenvalue weighted by Crippen LogP contribution is -2.46. The number of piperidine rings is 1. The second-order valence-electron chi connectivity index (χ2n) is 6.29. The average Bonchev–Trinajstić information content (AvgIpc) is 3.04. The minimum absolute atomic E-state index is 0.114. The Morgan fingerprint density at radius 3 is 2.62 bits per heavy atom. The lowest BCUT2D eigenvalue weighted by molar-refractivity contribution is -0.274. The fourth-order valence-corrected chi connectivity index (χ4v) is 3.87. The third kappa shape index (κ3) is 4.98. The standard InChI is InChI=1S/C18H19F3N2O2S/c1-11-10-13(8-9-22-11)23-17(24)16-7-6-15(26-16)12-2-4-14(5-3-12)25-18(19,20)21/h2-7,11,13,22H,8-10H2,1H3,(H,23,24). The van der Waals surface area contributed by atoms with Crippen LogP contribution >= 0.6 is 11.3 Å². The van der Waals surface area contributed by atoms with E-state index in [9.17, 15) is 18.0 Å². The van der Waals surface area contributed by atoms with Gasteiger partial charge in [0.15, 0.2) is 0 Å². The molecule has 2 heterocycles. The SMILES string of the molecule is CC1CC(NC(=O)c2ccc(-c3ccc(OC(F)(F)F)cc3)s2)CCN1. The Hall–Kier alpha value is -2.06. The van der Waals surface area contributed by atoms with Crippen LogP contribution in [0.1, 0.15) is 29.4 Å². The number of amides is 1. The van der Waals surface area contributed by atoms with Gasteiger partial charge in [-0.05, 0) is 68.3 Å². The molecule has 0 bridgehead atoms. The van der Waals surface area contributed by atoms with E-state index in [2.05, 4.69) is 22.3 Å². The summed E-state index contributed by atoms with van der Waals surface area (Å²) in [5, 5.41) is 6.39.